The molecule has 3 rings (SSSR count). The molecule has 1 saturated heterocycles. The zero-order valence-electron chi connectivity index (χ0n) is 15.3. The third-order valence-electron chi connectivity index (χ3n) is 5.94. The van der Waals surface area contributed by atoms with E-state index < -0.39 is 0 Å². The molecule has 1 aromatic carbocycles. The van der Waals surface area contributed by atoms with Crippen molar-refractivity contribution < 1.29 is 14.0 Å². The molecule has 0 aromatic heterocycles. The van der Waals surface area contributed by atoms with Gasteiger partial charge in [0.1, 0.15) is 11.9 Å². The van der Waals surface area contributed by atoms with Crippen molar-refractivity contribution in [3.63, 3.8) is 0 Å². The average molecular weight is 316 g/mol. The Balaban J connectivity index is 1.76. The lowest BCUT2D eigenvalue weighted by atomic mass is 9.65. The van der Waals surface area contributed by atoms with Crippen molar-refractivity contribution in [2.45, 2.75) is 83.4 Å². The highest BCUT2D eigenvalue weighted by atomic mass is 16.7. The second kappa shape index (κ2) is 5.82. The Morgan fingerprint density at radius 3 is 2.30 bits per heavy atom. The molecule has 3 nitrogen and oxygen atoms in total. The van der Waals surface area contributed by atoms with Crippen molar-refractivity contribution in [3.05, 3.63) is 29.8 Å². The number of ether oxygens (including phenoxy) is 1. The molecule has 23 heavy (non-hydrogen) atoms. The molecular formula is C19H29BO3. The summed E-state index contributed by atoms with van der Waals surface area (Å²) >= 11 is 0. The van der Waals surface area contributed by atoms with Crippen LogP contribution in [0.1, 0.15) is 65.9 Å². The summed E-state index contributed by atoms with van der Waals surface area (Å²) in [5.41, 5.74) is 0.802. The zero-order valence-corrected chi connectivity index (χ0v) is 15.3. The number of benzene rings is 1. The first-order chi connectivity index (χ1) is 10.7. The first kappa shape index (κ1) is 16.8. The lowest BCUT2D eigenvalue weighted by Crippen LogP contribution is -2.41. The predicted octanol–water partition coefficient (Wildman–Crippen LogP) is 4.81. The molecule has 1 aromatic rings. The number of para-hydroxylation sites is 1. The first-order valence-electron chi connectivity index (χ1n) is 8.86. The van der Waals surface area contributed by atoms with Crippen molar-refractivity contribution >= 4 is 7.12 Å². The molecule has 2 aliphatic heterocycles. The van der Waals surface area contributed by atoms with Gasteiger partial charge in [0.05, 0.1) is 11.2 Å². The molecule has 126 valence electrons. The summed E-state index contributed by atoms with van der Waals surface area (Å²) in [4.78, 5) is 0. The van der Waals surface area contributed by atoms with Gasteiger partial charge in [-0.25, -0.2) is 0 Å². The Labute approximate surface area is 140 Å². The largest absolute Gasteiger partial charge is 0.490 e. The van der Waals surface area contributed by atoms with E-state index in [-0.39, 0.29) is 24.4 Å². The molecule has 2 heterocycles. The second-order valence-electron chi connectivity index (χ2n) is 8.00. The maximum atomic E-state index is 6.29. The van der Waals surface area contributed by atoms with Crippen LogP contribution in [0.5, 0.6) is 5.75 Å². The van der Waals surface area contributed by atoms with Gasteiger partial charge in [0, 0.05) is 11.5 Å². The van der Waals surface area contributed by atoms with Crippen molar-refractivity contribution in [1.82, 2.24) is 0 Å². The van der Waals surface area contributed by atoms with Gasteiger partial charge in [-0.05, 0) is 52.9 Å². The number of hydrogen-bond acceptors (Lipinski definition) is 3. The molecule has 0 aliphatic carbocycles. The topological polar surface area (TPSA) is 27.7 Å². The summed E-state index contributed by atoms with van der Waals surface area (Å²) in [6.45, 7) is 12.9. The molecule has 0 saturated carbocycles. The van der Waals surface area contributed by atoms with Crippen LogP contribution in [0, 0.1) is 0 Å². The van der Waals surface area contributed by atoms with Gasteiger partial charge in [0.2, 0.25) is 0 Å². The lowest BCUT2D eigenvalue weighted by molar-refractivity contribution is 0.00578. The van der Waals surface area contributed by atoms with E-state index in [1.165, 1.54) is 5.56 Å². The predicted molar refractivity (Wildman–Crippen MR) is 94.0 cm³/mol. The summed E-state index contributed by atoms with van der Waals surface area (Å²) in [5, 5.41) is 0. The van der Waals surface area contributed by atoms with Crippen LogP contribution in [0.3, 0.4) is 0 Å². The van der Waals surface area contributed by atoms with E-state index in [9.17, 15) is 0 Å². The highest BCUT2D eigenvalue weighted by molar-refractivity contribution is 6.47. The normalized spacial score (nSPS) is 29.2. The number of fused-ring (bicyclic) bond motifs is 1. The van der Waals surface area contributed by atoms with E-state index in [0.29, 0.717) is 11.7 Å². The van der Waals surface area contributed by atoms with Gasteiger partial charge in [-0.1, -0.05) is 31.5 Å². The Bertz CT molecular complexity index is 553. The maximum Gasteiger partial charge on any atom is 0.461 e. The monoisotopic (exact) mass is 316 g/mol. The van der Waals surface area contributed by atoms with Crippen molar-refractivity contribution in [2.75, 3.05) is 0 Å². The Morgan fingerprint density at radius 1 is 1.09 bits per heavy atom. The standard InChI is InChI=1S/C19H29BO3/c1-7-14(20-22-18(3,4)19(5,6)23-20)12-16-13(2)21-17-11-9-8-10-15(16)17/h8-11,13-14,16H,7,12H2,1-6H3. The average Bonchev–Trinajstić information content (AvgIpc) is 2.89. The molecule has 0 N–H and O–H groups in total. The lowest BCUT2D eigenvalue weighted by Gasteiger charge is -2.32. The van der Waals surface area contributed by atoms with Crippen LogP contribution >= 0.6 is 0 Å². The van der Waals surface area contributed by atoms with Crippen molar-refractivity contribution in [3.8, 4) is 5.75 Å². The first-order valence-corrected chi connectivity index (χ1v) is 8.86. The van der Waals surface area contributed by atoms with E-state index in [2.05, 4.69) is 59.7 Å². The van der Waals surface area contributed by atoms with E-state index in [1.807, 2.05) is 6.07 Å². The van der Waals surface area contributed by atoms with Gasteiger partial charge in [-0.2, -0.15) is 0 Å². The van der Waals surface area contributed by atoms with Crippen LogP contribution in [-0.2, 0) is 9.31 Å². The van der Waals surface area contributed by atoms with E-state index in [0.717, 1.165) is 18.6 Å². The van der Waals surface area contributed by atoms with Crippen LogP contribution in [0.25, 0.3) is 0 Å². The van der Waals surface area contributed by atoms with E-state index >= 15 is 0 Å². The van der Waals surface area contributed by atoms with Crippen LogP contribution in [0.15, 0.2) is 24.3 Å². The quantitative estimate of drug-likeness (QED) is 0.746. The summed E-state index contributed by atoms with van der Waals surface area (Å²) in [5.74, 6) is 1.82. The maximum absolute atomic E-state index is 6.29. The highest BCUT2D eigenvalue weighted by Crippen LogP contribution is 2.47. The Kier molecular flexibility index (Phi) is 4.26. The SMILES string of the molecule is CCC(CC1c2ccccc2OC1C)B1OC(C)(C)C(C)(C)O1. The molecule has 3 atom stereocenters. The minimum Gasteiger partial charge on any atom is -0.490 e. The molecule has 0 radical (unpaired) electrons. The molecule has 2 aliphatic rings. The van der Waals surface area contributed by atoms with Crippen molar-refractivity contribution in [2.24, 2.45) is 0 Å². The van der Waals surface area contributed by atoms with Gasteiger partial charge >= 0.3 is 7.12 Å². The van der Waals surface area contributed by atoms with Gasteiger partial charge in [-0.15, -0.1) is 0 Å². The Hall–Kier alpha value is -0.995. The summed E-state index contributed by atoms with van der Waals surface area (Å²) in [6.07, 6.45) is 2.29. The van der Waals surface area contributed by atoms with Crippen LogP contribution in [0.4, 0.5) is 0 Å². The van der Waals surface area contributed by atoms with Gasteiger partial charge in [-0.3, -0.25) is 0 Å². The summed E-state index contributed by atoms with van der Waals surface area (Å²) < 4.78 is 18.6. The van der Waals surface area contributed by atoms with Crippen LogP contribution < -0.4 is 4.74 Å². The minimum atomic E-state index is -0.263. The molecule has 0 bridgehead atoms. The smallest absolute Gasteiger partial charge is 0.461 e. The van der Waals surface area contributed by atoms with Gasteiger partial charge in [0.25, 0.3) is 0 Å². The number of rotatable bonds is 4. The van der Waals surface area contributed by atoms with Crippen LogP contribution in [-0.4, -0.2) is 24.4 Å². The van der Waals surface area contributed by atoms with Crippen molar-refractivity contribution in [1.29, 1.82) is 0 Å². The van der Waals surface area contributed by atoms with E-state index in [4.69, 9.17) is 14.0 Å². The fraction of sp³-hybridized carbons (Fsp3) is 0.684. The Morgan fingerprint density at radius 2 is 1.70 bits per heavy atom. The molecule has 0 spiro atoms. The summed E-state index contributed by atoms with van der Waals surface area (Å²) in [7, 11) is -0.134. The molecule has 3 unspecified atom stereocenters. The fourth-order valence-electron chi connectivity index (χ4n) is 3.63. The molecular weight excluding hydrogens is 287 g/mol. The second-order valence-corrected chi connectivity index (χ2v) is 8.00. The minimum absolute atomic E-state index is 0.134. The summed E-state index contributed by atoms with van der Waals surface area (Å²) in [6, 6.07) is 8.41. The fourth-order valence-corrected chi connectivity index (χ4v) is 3.63. The van der Waals surface area contributed by atoms with E-state index in [1.54, 1.807) is 0 Å². The third-order valence-corrected chi connectivity index (χ3v) is 5.94. The third kappa shape index (κ3) is 2.92. The highest BCUT2D eigenvalue weighted by Gasteiger charge is 2.53. The number of hydrogen-bond donors (Lipinski definition) is 0. The van der Waals surface area contributed by atoms with Crippen LogP contribution in [0.2, 0.25) is 5.82 Å². The van der Waals surface area contributed by atoms with Gasteiger partial charge in [0.15, 0.2) is 0 Å². The molecule has 0 amide bonds. The molecule has 1 fully saturated rings. The molecule has 4 heteroatoms. The zero-order chi connectivity index (χ0) is 16.8. The van der Waals surface area contributed by atoms with Gasteiger partial charge < -0.3 is 14.0 Å².